The van der Waals surface area contributed by atoms with Crippen LogP contribution in [0.25, 0.3) is 0 Å². The lowest BCUT2D eigenvalue weighted by molar-refractivity contribution is -0.136. The van der Waals surface area contributed by atoms with Gasteiger partial charge in [0.25, 0.3) is 0 Å². The summed E-state index contributed by atoms with van der Waals surface area (Å²) in [7, 11) is 0. The lowest BCUT2D eigenvalue weighted by atomic mass is 9.49. The third-order valence-corrected chi connectivity index (χ3v) is 6.89. The average Bonchev–Trinajstić information content (AvgIpc) is 3.03. The largest absolute Gasteiger partial charge is 0.507 e. The number of benzene rings is 1. The Morgan fingerprint density at radius 3 is 2.46 bits per heavy atom. The Labute approximate surface area is 151 Å². The van der Waals surface area contributed by atoms with E-state index in [1.54, 1.807) is 0 Å². The van der Waals surface area contributed by atoms with E-state index in [9.17, 15) is 24.9 Å². The van der Waals surface area contributed by atoms with E-state index in [-0.39, 0.29) is 59.7 Å². The Hall–Kier alpha value is -2.08. The van der Waals surface area contributed by atoms with Gasteiger partial charge in [0.1, 0.15) is 17.6 Å². The molecule has 140 valence electrons. The fraction of sp³-hybridized carbons (Fsp3) is 0.600. The third kappa shape index (κ3) is 1.96. The molecule has 26 heavy (non-hydrogen) atoms. The van der Waals surface area contributed by atoms with Crippen LogP contribution in [-0.4, -0.2) is 39.6 Å². The van der Waals surface area contributed by atoms with Gasteiger partial charge in [-0.25, -0.2) is 0 Å². The monoisotopic (exact) mass is 360 g/mol. The molecule has 2 aliphatic carbocycles. The number of aliphatic hydroxyl groups excluding tert-OH is 1. The smallest absolute Gasteiger partial charge is 0.168 e. The number of phenols is 2. The number of ether oxygens (including phenoxy) is 1. The molecular weight excluding hydrogens is 336 g/mol. The highest BCUT2D eigenvalue weighted by Gasteiger charge is 2.57. The van der Waals surface area contributed by atoms with Crippen molar-refractivity contribution in [3.63, 3.8) is 0 Å². The third-order valence-electron chi connectivity index (χ3n) is 6.89. The van der Waals surface area contributed by atoms with E-state index < -0.39 is 16.9 Å². The van der Waals surface area contributed by atoms with Crippen LogP contribution in [-0.2, 0) is 16.6 Å². The average molecular weight is 360 g/mol. The van der Waals surface area contributed by atoms with Crippen LogP contribution in [0.4, 0.5) is 0 Å². The first kappa shape index (κ1) is 17.3. The first-order chi connectivity index (χ1) is 12.1. The summed E-state index contributed by atoms with van der Waals surface area (Å²) in [6.07, 6.45) is 0.739. The van der Waals surface area contributed by atoms with Crippen molar-refractivity contribution in [3.8, 4) is 17.2 Å². The molecule has 3 atom stereocenters. The number of phenolic OH excluding ortho intramolecular Hbond substituents is 2. The molecule has 0 unspecified atom stereocenters. The molecule has 1 aromatic carbocycles. The lowest BCUT2D eigenvalue weighted by Crippen LogP contribution is -2.53. The number of carbonyl (C=O) groups excluding carboxylic acids is 2. The van der Waals surface area contributed by atoms with Gasteiger partial charge in [-0.05, 0) is 12.3 Å². The van der Waals surface area contributed by atoms with E-state index in [2.05, 4.69) is 0 Å². The molecule has 1 fully saturated rings. The molecule has 0 spiro atoms. The zero-order valence-corrected chi connectivity index (χ0v) is 15.3. The SMILES string of the molecule is CC1(C)C(=O)CC[C@]2(C)c3c(O)c4c(c(O)c3C(=O)C[C@@H]12)C[C@H](CO)O4. The zero-order valence-electron chi connectivity index (χ0n) is 15.3. The minimum absolute atomic E-state index is 0.123. The highest BCUT2D eigenvalue weighted by Crippen LogP contribution is 2.61. The highest BCUT2D eigenvalue weighted by molar-refractivity contribution is 6.05. The first-order valence-corrected chi connectivity index (χ1v) is 9.08. The number of Topliss-reactive ketones (excluding diaryl/α,β-unsaturated/α-hetero) is 2. The molecular formula is C20H24O6. The van der Waals surface area contributed by atoms with Crippen molar-refractivity contribution >= 4 is 11.6 Å². The summed E-state index contributed by atoms with van der Waals surface area (Å²) >= 11 is 0. The van der Waals surface area contributed by atoms with Crippen LogP contribution < -0.4 is 4.74 Å². The van der Waals surface area contributed by atoms with Gasteiger partial charge in [0, 0.05) is 41.2 Å². The molecule has 0 aromatic heterocycles. The first-order valence-electron chi connectivity index (χ1n) is 9.08. The summed E-state index contributed by atoms with van der Waals surface area (Å²) in [5, 5.41) is 31.2. The normalized spacial score (nSPS) is 31.8. The molecule has 6 heteroatoms. The molecule has 0 bridgehead atoms. The quantitative estimate of drug-likeness (QED) is 0.664. The predicted molar refractivity (Wildman–Crippen MR) is 92.8 cm³/mol. The molecule has 0 amide bonds. The van der Waals surface area contributed by atoms with Gasteiger partial charge in [-0.3, -0.25) is 9.59 Å². The number of aliphatic hydroxyl groups is 1. The van der Waals surface area contributed by atoms with Gasteiger partial charge < -0.3 is 20.1 Å². The van der Waals surface area contributed by atoms with E-state index in [0.717, 1.165) is 0 Å². The molecule has 1 saturated carbocycles. The Kier molecular flexibility index (Phi) is 3.48. The van der Waals surface area contributed by atoms with Crippen molar-refractivity contribution in [2.45, 2.75) is 58.0 Å². The number of aromatic hydroxyl groups is 2. The maximum atomic E-state index is 12.9. The summed E-state index contributed by atoms with van der Waals surface area (Å²) < 4.78 is 5.63. The van der Waals surface area contributed by atoms with Crippen LogP contribution >= 0.6 is 0 Å². The Morgan fingerprint density at radius 1 is 1.12 bits per heavy atom. The Bertz CT molecular complexity index is 839. The molecule has 0 saturated heterocycles. The van der Waals surface area contributed by atoms with Crippen molar-refractivity contribution in [1.82, 2.24) is 0 Å². The van der Waals surface area contributed by atoms with Crippen molar-refractivity contribution < 1.29 is 29.6 Å². The molecule has 0 radical (unpaired) electrons. The lowest BCUT2D eigenvalue weighted by Gasteiger charge is -2.52. The molecule has 3 N–H and O–H groups in total. The molecule has 3 aliphatic rings. The maximum Gasteiger partial charge on any atom is 0.168 e. The van der Waals surface area contributed by atoms with Crippen LogP contribution in [0.15, 0.2) is 0 Å². The highest BCUT2D eigenvalue weighted by atomic mass is 16.5. The number of hydrogen-bond donors (Lipinski definition) is 3. The summed E-state index contributed by atoms with van der Waals surface area (Å²) in [4.78, 5) is 25.4. The van der Waals surface area contributed by atoms with E-state index in [1.807, 2.05) is 20.8 Å². The van der Waals surface area contributed by atoms with Crippen molar-refractivity contribution in [3.05, 3.63) is 16.7 Å². The van der Waals surface area contributed by atoms with Gasteiger partial charge in [-0.1, -0.05) is 20.8 Å². The fourth-order valence-corrected chi connectivity index (χ4v) is 5.36. The van der Waals surface area contributed by atoms with Crippen LogP contribution in [0.5, 0.6) is 17.2 Å². The summed E-state index contributed by atoms with van der Waals surface area (Å²) in [6.45, 7) is 5.44. The number of hydrogen-bond acceptors (Lipinski definition) is 6. The molecule has 4 rings (SSSR count). The summed E-state index contributed by atoms with van der Waals surface area (Å²) in [5.41, 5.74) is -0.364. The van der Waals surface area contributed by atoms with E-state index in [0.29, 0.717) is 24.0 Å². The summed E-state index contributed by atoms with van der Waals surface area (Å²) in [5.74, 6) is -0.511. The van der Waals surface area contributed by atoms with Crippen LogP contribution in [0.1, 0.15) is 61.5 Å². The second-order valence-corrected chi connectivity index (χ2v) is 8.62. The molecule has 6 nitrogen and oxygen atoms in total. The van der Waals surface area contributed by atoms with Gasteiger partial charge in [-0.2, -0.15) is 0 Å². The maximum absolute atomic E-state index is 12.9. The van der Waals surface area contributed by atoms with Crippen molar-refractivity contribution in [2.75, 3.05) is 6.61 Å². The second kappa shape index (κ2) is 5.22. The molecule has 1 aliphatic heterocycles. The fourth-order valence-electron chi connectivity index (χ4n) is 5.36. The Morgan fingerprint density at radius 2 is 1.81 bits per heavy atom. The van der Waals surface area contributed by atoms with E-state index in [4.69, 9.17) is 4.74 Å². The Balaban J connectivity index is 1.98. The number of rotatable bonds is 1. The minimum atomic E-state index is -0.685. The number of ketones is 2. The second-order valence-electron chi connectivity index (χ2n) is 8.62. The number of carbonyl (C=O) groups is 2. The van der Waals surface area contributed by atoms with Crippen molar-refractivity contribution in [1.29, 1.82) is 0 Å². The van der Waals surface area contributed by atoms with Gasteiger partial charge in [-0.15, -0.1) is 0 Å². The van der Waals surface area contributed by atoms with Crippen molar-refractivity contribution in [2.24, 2.45) is 11.3 Å². The van der Waals surface area contributed by atoms with Gasteiger partial charge in [0.2, 0.25) is 0 Å². The standard InChI is InChI=1S/C20H24O6/c1-19(2)12-7-11(22)14-15(20(12,3)5-4-13(19)23)17(25)18-10(16(14)24)6-9(8-21)26-18/h9,12,21,24-25H,4-8H2,1-3H3/t9-,12+,20+/m1/s1. The topological polar surface area (TPSA) is 104 Å². The minimum Gasteiger partial charge on any atom is -0.507 e. The van der Waals surface area contributed by atoms with Crippen LogP contribution in [0.3, 0.4) is 0 Å². The predicted octanol–water partition coefficient (Wildman–Crippen LogP) is 2.24. The van der Waals surface area contributed by atoms with E-state index in [1.165, 1.54) is 0 Å². The van der Waals surface area contributed by atoms with Gasteiger partial charge >= 0.3 is 0 Å². The zero-order chi connectivity index (χ0) is 19.0. The van der Waals surface area contributed by atoms with Crippen LogP contribution in [0.2, 0.25) is 0 Å². The summed E-state index contributed by atoms with van der Waals surface area (Å²) in [6, 6.07) is 0. The number of fused-ring (bicyclic) bond motifs is 4. The molecule has 1 heterocycles. The van der Waals surface area contributed by atoms with Gasteiger partial charge in [0.15, 0.2) is 17.3 Å². The molecule has 1 aromatic rings. The van der Waals surface area contributed by atoms with E-state index >= 15 is 0 Å². The van der Waals surface area contributed by atoms with Gasteiger partial charge in [0.05, 0.1) is 12.2 Å². The van der Waals surface area contributed by atoms with Crippen LogP contribution in [0, 0.1) is 11.3 Å².